The van der Waals surface area contributed by atoms with Gasteiger partial charge in [0.25, 0.3) is 0 Å². The third-order valence-electron chi connectivity index (χ3n) is 2.87. The van der Waals surface area contributed by atoms with Crippen LogP contribution >= 0.6 is 0 Å². The highest BCUT2D eigenvalue weighted by molar-refractivity contribution is 5.37. The van der Waals surface area contributed by atoms with Crippen LogP contribution in [0.25, 0.3) is 0 Å². The molecule has 0 saturated heterocycles. The number of ether oxygens (including phenoxy) is 1. The number of nitrogens with one attached hydrogen (secondary N) is 1. The second kappa shape index (κ2) is 6.60. The molecule has 17 heavy (non-hydrogen) atoms. The van der Waals surface area contributed by atoms with Crippen molar-refractivity contribution < 1.29 is 9.13 Å². The van der Waals surface area contributed by atoms with Crippen LogP contribution in [0, 0.1) is 5.82 Å². The molecule has 2 nitrogen and oxygen atoms in total. The van der Waals surface area contributed by atoms with Crippen molar-refractivity contribution in [3.05, 3.63) is 29.6 Å². The summed E-state index contributed by atoms with van der Waals surface area (Å²) in [7, 11) is 0. The van der Waals surface area contributed by atoms with Gasteiger partial charge in [-0.1, -0.05) is 26.0 Å². The Bertz CT molecular complexity index is 354. The van der Waals surface area contributed by atoms with Crippen LogP contribution in [-0.2, 0) is 0 Å². The molecule has 0 spiro atoms. The number of hydrogen-bond acceptors (Lipinski definition) is 2. The van der Waals surface area contributed by atoms with Crippen molar-refractivity contribution in [2.24, 2.45) is 0 Å². The van der Waals surface area contributed by atoms with Crippen molar-refractivity contribution in [2.75, 3.05) is 6.54 Å². The van der Waals surface area contributed by atoms with Crippen molar-refractivity contribution >= 4 is 0 Å². The van der Waals surface area contributed by atoms with Crippen LogP contribution in [0.4, 0.5) is 4.39 Å². The van der Waals surface area contributed by atoms with E-state index in [0.29, 0.717) is 5.75 Å². The molecule has 1 rings (SSSR count). The molecule has 0 saturated carbocycles. The van der Waals surface area contributed by atoms with Crippen LogP contribution in [0.3, 0.4) is 0 Å². The first-order chi connectivity index (χ1) is 8.10. The minimum absolute atomic E-state index is 0.0273. The molecule has 1 aromatic rings. The minimum atomic E-state index is -0.285. The van der Waals surface area contributed by atoms with Gasteiger partial charge in [0.15, 0.2) is 11.6 Å². The lowest BCUT2D eigenvalue weighted by Crippen LogP contribution is -2.20. The maximum Gasteiger partial charge on any atom is 0.165 e. The van der Waals surface area contributed by atoms with Gasteiger partial charge in [-0.2, -0.15) is 0 Å². The lowest BCUT2D eigenvalue weighted by atomic mass is 10.1. The summed E-state index contributed by atoms with van der Waals surface area (Å²) in [5.74, 6) is 0.0999. The molecule has 0 aliphatic carbocycles. The van der Waals surface area contributed by atoms with E-state index in [1.807, 2.05) is 33.8 Å². The second-order valence-electron chi connectivity index (χ2n) is 4.27. The molecule has 96 valence electrons. The van der Waals surface area contributed by atoms with Gasteiger partial charge < -0.3 is 10.1 Å². The maximum atomic E-state index is 13.8. The molecule has 1 aromatic carbocycles. The lowest BCUT2D eigenvalue weighted by Gasteiger charge is -2.20. The average Bonchev–Trinajstić information content (AvgIpc) is 2.31. The van der Waals surface area contributed by atoms with Gasteiger partial charge in [-0.05, 0) is 32.9 Å². The molecule has 0 radical (unpaired) electrons. The molecule has 2 atom stereocenters. The normalized spacial score (nSPS) is 14.4. The predicted octanol–water partition coefficient (Wildman–Crippen LogP) is 3.67. The van der Waals surface area contributed by atoms with Gasteiger partial charge in [0, 0.05) is 11.6 Å². The van der Waals surface area contributed by atoms with Crippen molar-refractivity contribution in [3.8, 4) is 5.75 Å². The molecular formula is C14H22FNO. The predicted molar refractivity (Wildman–Crippen MR) is 68.9 cm³/mol. The van der Waals surface area contributed by atoms with E-state index < -0.39 is 0 Å². The van der Waals surface area contributed by atoms with Gasteiger partial charge in [-0.3, -0.25) is 0 Å². The molecule has 0 amide bonds. The monoisotopic (exact) mass is 239 g/mol. The van der Waals surface area contributed by atoms with E-state index in [-0.39, 0.29) is 18.0 Å². The van der Waals surface area contributed by atoms with Crippen LogP contribution in [0.1, 0.15) is 45.7 Å². The number of rotatable bonds is 6. The van der Waals surface area contributed by atoms with Gasteiger partial charge in [0.2, 0.25) is 0 Å². The Labute approximate surface area is 103 Å². The van der Waals surface area contributed by atoms with Gasteiger partial charge >= 0.3 is 0 Å². The van der Waals surface area contributed by atoms with Crippen LogP contribution in [0.15, 0.2) is 18.2 Å². The minimum Gasteiger partial charge on any atom is -0.487 e. The smallest absolute Gasteiger partial charge is 0.165 e. The summed E-state index contributed by atoms with van der Waals surface area (Å²) < 4.78 is 19.5. The molecule has 0 bridgehead atoms. The first kappa shape index (κ1) is 14.0. The molecule has 1 N–H and O–H groups in total. The van der Waals surface area contributed by atoms with Crippen LogP contribution in [0.2, 0.25) is 0 Å². The second-order valence-corrected chi connectivity index (χ2v) is 4.27. The highest BCUT2D eigenvalue weighted by Gasteiger charge is 2.16. The number of halogens is 1. The topological polar surface area (TPSA) is 21.3 Å². The summed E-state index contributed by atoms with van der Waals surface area (Å²) in [4.78, 5) is 0. The number of benzene rings is 1. The maximum absolute atomic E-state index is 13.8. The molecule has 0 heterocycles. The first-order valence-corrected chi connectivity index (χ1v) is 6.28. The Balaban J connectivity index is 2.99. The highest BCUT2D eigenvalue weighted by Crippen LogP contribution is 2.29. The Morgan fingerprint density at radius 1 is 1.29 bits per heavy atom. The highest BCUT2D eigenvalue weighted by atomic mass is 19.1. The first-order valence-electron chi connectivity index (χ1n) is 6.28. The standard InChI is InChI=1S/C14H22FNO/c1-5-10(3)17-14-12(11(4)16-6-2)8-7-9-13(14)15/h7-11,16H,5-6H2,1-4H3. The van der Waals surface area contributed by atoms with E-state index >= 15 is 0 Å². The van der Waals surface area contributed by atoms with Gasteiger partial charge in [-0.25, -0.2) is 4.39 Å². The summed E-state index contributed by atoms with van der Waals surface area (Å²) in [6, 6.07) is 5.17. The van der Waals surface area contributed by atoms with Crippen LogP contribution in [-0.4, -0.2) is 12.6 Å². The van der Waals surface area contributed by atoms with E-state index in [1.165, 1.54) is 6.07 Å². The van der Waals surface area contributed by atoms with Gasteiger partial charge in [0.05, 0.1) is 6.10 Å². The zero-order valence-corrected chi connectivity index (χ0v) is 11.1. The Kier molecular flexibility index (Phi) is 5.42. The zero-order chi connectivity index (χ0) is 12.8. The van der Waals surface area contributed by atoms with Gasteiger partial charge in [0.1, 0.15) is 0 Å². The Morgan fingerprint density at radius 2 is 2.00 bits per heavy atom. The van der Waals surface area contributed by atoms with E-state index in [0.717, 1.165) is 18.5 Å². The number of para-hydroxylation sites is 1. The van der Waals surface area contributed by atoms with Crippen molar-refractivity contribution in [2.45, 2.75) is 46.3 Å². The largest absolute Gasteiger partial charge is 0.487 e. The molecule has 2 unspecified atom stereocenters. The fraction of sp³-hybridized carbons (Fsp3) is 0.571. The quantitative estimate of drug-likeness (QED) is 0.817. The fourth-order valence-electron chi connectivity index (χ4n) is 1.69. The average molecular weight is 239 g/mol. The van der Waals surface area contributed by atoms with E-state index in [4.69, 9.17) is 4.74 Å². The van der Waals surface area contributed by atoms with Crippen molar-refractivity contribution in [1.29, 1.82) is 0 Å². The molecule has 0 fully saturated rings. The summed E-state index contributed by atoms with van der Waals surface area (Å²) in [5.41, 5.74) is 0.882. The molecular weight excluding hydrogens is 217 g/mol. The van der Waals surface area contributed by atoms with Crippen LogP contribution < -0.4 is 10.1 Å². The third-order valence-corrected chi connectivity index (χ3v) is 2.87. The SMILES string of the molecule is CCNC(C)c1cccc(F)c1OC(C)CC. The third kappa shape index (κ3) is 3.70. The number of hydrogen-bond donors (Lipinski definition) is 1. The molecule has 0 aliphatic heterocycles. The molecule has 3 heteroatoms. The van der Waals surface area contributed by atoms with Crippen molar-refractivity contribution in [3.63, 3.8) is 0 Å². The fourth-order valence-corrected chi connectivity index (χ4v) is 1.69. The van der Waals surface area contributed by atoms with E-state index in [9.17, 15) is 4.39 Å². The summed E-state index contributed by atoms with van der Waals surface area (Å²) in [6.07, 6.45) is 0.892. The zero-order valence-electron chi connectivity index (χ0n) is 11.1. The molecule has 0 aliphatic rings. The van der Waals surface area contributed by atoms with E-state index in [1.54, 1.807) is 6.07 Å². The van der Waals surface area contributed by atoms with E-state index in [2.05, 4.69) is 5.32 Å². The summed E-state index contributed by atoms with van der Waals surface area (Å²) >= 11 is 0. The van der Waals surface area contributed by atoms with Gasteiger partial charge in [-0.15, -0.1) is 0 Å². The molecule has 0 aromatic heterocycles. The Morgan fingerprint density at radius 3 is 2.59 bits per heavy atom. The summed E-state index contributed by atoms with van der Waals surface area (Å²) in [5, 5.41) is 3.27. The Hall–Kier alpha value is -1.09. The van der Waals surface area contributed by atoms with Crippen LogP contribution in [0.5, 0.6) is 5.75 Å². The van der Waals surface area contributed by atoms with Crippen molar-refractivity contribution in [1.82, 2.24) is 5.32 Å². The lowest BCUT2D eigenvalue weighted by molar-refractivity contribution is 0.204. The summed E-state index contributed by atoms with van der Waals surface area (Å²) in [6.45, 7) is 8.88.